The first-order valence-corrected chi connectivity index (χ1v) is 9.41. The number of amides is 2. The molecule has 0 fully saturated rings. The van der Waals surface area contributed by atoms with Crippen molar-refractivity contribution in [3.05, 3.63) is 44.7 Å². The van der Waals surface area contributed by atoms with E-state index >= 15 is 0 Å². The molecule has 2 aromatic rings. The largest absolute Gasteiger partial charge is 0.496 e. The number of methoxy groups -OCH3 is 1. The van der Waals surface area contributed by atoms with Crippen LogP contribution in [0.1, 0.15) is 36.0 Å². The molecule has 1 heterocycles. The van der Waals surface area contributed by atoms with Gasteiger partial charge in [-0.15, -0.1) is 11.3 Å². The van der Waals surface area contributed by atoms with Crippen LogP contribution in [0.3, 0.4) is 0 Å². The molecule has 9 heteroatoms. The number of halogens is 1. The lowest BCUT2D eigenvalue weighted by Gasteiger charge is -2.14. The van der Waals surface area contributed by atoms with Gasteiger partial charge in [-0.25, -0.2) is 4.79 Å². The summed E-state index contributed by atoms with van der Waals surface area (Å²) in [5.74, 6) is -0.0866. The molecule has 1 aromatic heterocycles. The summed E-state index contributed by atoms with van der Waals surface area (Å²) >= 11 is 7.39. The van der Waals surface area contributed by atoms with Crippen LogP contribution in [0.15, 0.2) is 29.4 Å². The van der Waals surface area contributed by atoms with E-state index < -0.39 is 12.0 Å². The minimum absolute atomic E-state index is 0.128. The summed E-state index contributed by atoms with van der Waals surface area (Å²) in [6, 6.07) is 4.77. The lowest BCUT2D eigenvalue weighted by atomic mass is 9.95. The summed E-state index contributed by atoms with van der Waals surface area (Å²) in [4.78, 5) is 29.2. The number of hydrogen-bond donors (Lipinski definition) is 2. The maximum absolute atomic E-state index is 12.7. The van der Waals surface area contributed by atoms with Gasteiger partial charge in [-0.05, 0) is 23.6 Å². The molecular formula is C18H22ClN3O4S. The molecule has 7 nitrogen and oxygen atoms in total. The zero-order valence-corrected chi connectivity index (χ0v) is 17.1. The number of nitrogens with one attached hydrogen (secondary N) is 1. The fraction of sp³-hybridized carbons (Fsp3) is 0.389. The van der Waals surface area contributed by atoms with Crippen LogP contribution in [-0.2, 0) is 12.0 Å². The van der Waals surface area contributed by atoms with E-state index in [4.69, 9.17) is 21.4 Å². The maximum Gasteiger partial charge on any atom is 0.404 e. The number of carboxylic acid groups (broad SMARTS) is 1. The van der Waals surface area contributed by atoms with Crippen LogP contribution in [0.2, 0.25) is 5.02 Å². The second kappa shape index (κ2) is 8.58. The molecular weight excluding hydrogens is 390 g/mol. The van der Waals surface area contributed by atoms with E-state index in [1.165, 1.54) is 24.5 Å². The number of hydrogen-bond acceptors (Lipinski definition) is 4. The van der Waals surface area contributed by atoms with Crippen LogP contribution in [-0.4, -0.2) is 35.3 Å². The SMILES string of the molecule is COc1ccc(Cl)cc1C(=O)N=c1sc(C(C)(C)C)cn1CCNC(=O)O. The highest BCUT2D eigenvalue weighted by Crippen LogP contribution is 2.25. The summed E-state index contributed by atoms with van der Waals surface area (Å²) in [6.45, 7) is 6.74. The Morgan fingerprint density at radius 1 is 1.37 bits per heavy atom. The van der Waals surface area contributed by atoms with Crippen molar-refractivity contribution in [3.63, 3.8) is 0 Å². The molecule has 2 rings (SSSR count). The second-order valence-corrected chi connectivity index (χ2v) is 8.26. The van der Waals surface area contributed by atoms with Gasteiger partial charge in [0.25, 0.3) is 5.91 Å². The molecule has 0 aliphatic rings. The molecule has 1 aromatic carbocycles. The zero-order valence-electron chi connectivity index (χ0n) is 15.6. The van der Waals surface area contributed by atoms with E-state index in [0.29, 0.717) is 22.1 Å². The Balaban J connectivity index is 2.45. The highest BCUT2D eigenvalue weighted by Gasteiger charge is 2.19. The number of thiazole rings is 1. The molecule has 0 aliphatic carbocycles. The van der Waals surface area contributed by atoms with E-state index in [9.17, 15) is 9.59 Å². The average Bonchev–Trinajstić information content (AvgIpc) is 2.97. The van der Waals surface area contributed by atoms with Crippen LogP contribution in [0, 0.1) is 0 Å². The number of carbonyl (C=O) groups is 2. The Hall–Kier alpha value is -2.32. The standard InChI is InChI=1S/C18H22ClN3O4S/c1-18(2,3)14-10-22(8-7-20-17(24)25)16(27-14)21-15(23)12-9-11(19)5-6-13(12)26-4/h5-6,9-10,20H,7-8H2,1-4H3,(H,24,25). The normalized spacial score (nSPS) is 12.1. The topological polar surface area (TPSA) is 92.9 Å². The maximum atomic E-state index is 12.7. The third-order valence-electron chi connectivity index (χ3n) is 3.68. The van der Waals surface area contributed by atoms with Gasteiger partial charge in [0.05, 0.1) is 12.7 Å². The van der Waals surface area contributed by atoms with Gasteiger partial charge in [-0.3, -0.25) is 4.79 Å². The minimum atomic E-state index is -1.10. The van der Waals surface area contributed by atoms with Crippen molar-refractivity contribution in [1.82, 2.24) is 9.88 Å². The summed E-state index contributed by atoms with van der Waals surface area (Å²) in [6.07, 6.45) is 0.801. The predicted molar refractivity (Wildman–Crippen MR) is 105 cm³/mol. The average molecular weight is 412 g/mol. The zero-order chi connectivity index (χ0) is 20.2. The Labute approximate surface area is 166 Å². The molecule has 146 valence electrons. The Morgan fingerprint density at radius 2 is 2.07 bits per heavy atom. The Kier molecular flexibility index (Phi) is 6.67. The molecule has 2 amide bonds. The van der Waals surface area contributed by atoms with Crippen molar-refractivity contribution >= 4 is 34.9 Å². The molecule has 0 radical (unpaired) electrons. The fourth-order valence-electron chi connectivity index (χ4n) is 2.25. The third-order valence-corrected chi connectivity index (χ3v) is 5.36. The minimum Gasteiger partial charge on any atom is -0.496 e. The molecule has 0 unspecified atom stereocenters. The van der Waals surface area contributed by atoms with Gasteiger partial charge in [0, 0.05) is 29.2 Å². The highest BCUT2D eigenvalue weighted by atomic mass is 35.5. The smallest absolute Gasteiger partial charge is 0.404 e. The summed E-state index contributed by atoms with van der Waals surface area (Å²) in [5.41, 5.74) is 0.142. The summed E-state index contributed by atoms with van der Waals surface area (Å²) in [7, 11) is 1.47. The molecule has 0 saturated carbocycles. The van der Waals surface area contributed by atoms with Gasteiger partial charge >= 0.3 is 6.09 Å². The van der Waals surface area contributed by atoms with Crippen molar-refractivity contribution in [1.29, 1.82) is 0 Å². The lowest BCUT2D eigenvalue weighted by Crippen LogP contribution is -2.28. The first-order chi connectivity index (χ1) is 12.6. The summed E-state index contributed by atoms with van der Waals surface area (Å²) in [5, 5.41) is 11.5. The van der Waals surface area contributed by atoms with Crippen molar-refractivity contribution in [3.8, 4) is 5.75 Å². The Bertz CT molecular complexity index is 912. The van der Waals surface area contributed by atoms with Gasteiger partial charge in [0.1, 0.15) is 5.75 Å². The summed E-state index contributed by atoms with van der Waals surface area (Å²) < 4.78 is 7.00. The first-order valence-electron chi connectivity index (χ1n) is 8.22. The van der Waals surface area contributed by atoms with Crippen LogP contribution >= 0.6 is 22.9 Å². The fourth-order valence-corrected chi connectivity index (χ4v) is 3.50. The van der Waals surface area contributed by atoms with E-state index in [2.05, 4.69) is 31.1 Å². The number of ether oxygens (including phenoxy) is 1. The molecule has 0 bridgehead atoms. The monoisotopic (exact) mass is 411 g/mol. The number of carbonyl (C=O) groups excluding carboxylic acids is 1. The van der Waals surface area contributed by atoms with E-state index in [-0.39, 0.29) is 17.5 Å². The molecule has 2 N–H and O–H groups in total. The van der Waals surface area contributed by atoms with E-state index in [1.54, 1.807) is 16.7 Å². The van der Waals surface area contributed by atoms with Gasteiger partial charge < -0.3 is 19.7 Å². The molecule has 0 spiro atoms. The third kappa shape index (κ3) is 5.58. The van der Waals surface area contributed by atoms with Crippen LogP contribution in [0.4, 0.5) is 4.79 Å². The second-order valence-electron chi connectivity index (χ2n) is 6.81. The number of rotatable bonds is 5. The number of benzene rings is 1. The predicted octanol–water partition coefficient (Wildman–Crippen LogP) is 3.52. The lowest BCUT2D eigenvalue weighted by molar-refractivity contribution is 0.0994. The van der Waals surface area contributed by atoms with Crippen molar-refractivity contribution in [2.24, 2.45) is 4.99 Å². The number of aromatic nitrogens is 1. The molecule has 27 heavy (non-hydrogen) atoms. The van der Waals surface area contributed by atoms with Crippen molar-refractivity contribution in [2.75, 3.05) is 13.7 Å². The quantitative estimate of drug-likeness (QED) is 0.787. The van der Waals surface area contributed by atoms with Gasteiger partial charge in [-0.2, -0.15) is 4.99 Å². The Morgan fingerprint density at radius 3 is 2.67 bits per heavy atom. The number of nitrogens with zero attached hydrogens (tertiary/aromatic N) is 2. The van der Waals surface area contributed by atoms with Crippen LogP contribution < -0.4 is 14.9 Å². The molecule has 0 saturated heterocycles. The first kappa shape index (κ1) is 21.0. The van der Waals surface area contributed by atoms with Crippen LogP contribution in [0.25, 0.3) is 0 Å². The van der Waals surface area contributed by atoms with Crippen molar-refractivity contribution < 1.29 is 19.4 Å². The van der Waals surface area contributed by atoms with E-state index in [0.717, 1.165) is 4.88 Å². The van der Waals surface area contributed by atoms with E-state index in [1.807, 2.05) is 6.20 Å². The highest BCUT2D eigenvalue weighted by molar-refractivity contribution is 7.09. The van der Waals surface area contributed by atoms with Crippen LogP contribution in [0.5, 0.6) is 5.75 Å². The van der Waals surface area contributed by atoms with Crippen molar-refractivity contribution in [2.45, 2.75) is 32.7 Å². The van der Waals surface area contributed by atoms with Gasteiger partial charge in [0.15, 0.2) is 4.80 Å². The molecule has 0 aliphatic heterocycles. The molecule has 0 atom stereocenters. The van der Waals surface area contributed by atoms with Gasteiger partial charge in [-0.1, -0.05) is 32.4 Å². The van der Waals surface area contributed by atoms with Gasteiger partial charge in [0.2, 0.25) is 0 Å².